The first kappa shape index (κ1) is 15.8. The second kappa shape index (κ2) is 7.42. The van der Waals surface area contributed by atoms with Crippen LogP contribution in [0.4, 0.5) is 5.69 Å². The van der Waals surface area contributed by atoms with Gasteiger partial charge in [0.1, 0.15) is 0 Å². The van der Waals surface area contributed by atoms with Crippen molar-refractivity contribution in [2.45, 2.75) is 6.92 Å². The number of allylic oxidation sites excluding steroid dienone is 1. The molecule has 0 saturated carbocycles. The second-order valence-corrected chi connectivity index (χ2v) is 5.65. The molecule has 0 aliphatic carbocycles. The third-order valence-corrected chi connectivity index (χ3v) is 3.78. The molecule has 3 aromatic rings. The molecule has 0 unspecified atom stereocenters. The van der Waals surface area contributed by atoms with Gasteiger partial charge in [-0.05, 0) is 35.7 Å². The van der Waals surface area contributed by atoms with Gasteiger partial charge in [-0.2, -0.15) is 0 Å². The van der Waals surface area contributed by atoms with Crippen LogP contribution in [0.3, 0.4) is 0 Å². The molecule has 3 rings (SSSR count). The van der Waals surface area contributed by atoms with Crippen molar-refractivity contribution >= 4 is 11.5 Å². The zero-order valence-electron chi connectivity index (χ0n) is 13.6. The van der Waals surface area contributed by atoms with Gasteiger partial charge >= 0.3 is 0 Å². The summed E-state index contributed by atoms with van der Waals surface area (Å²) in [5.41, 5.74) is 5.08. The van der Waals surface area contributed by atoms with E-state index >= 15 is 0 Å². The number of rotatable bonds is 5. The fourth-order valence-electron chi connectivity index (χ4n) is 2.50. The molecule has 1 N–H and O–H groups in total. The summed E-state index contributed by atoms with van der Waals surface area (Å²) in [6, 6.07) is 25.8. The SMILES string of the molecule is Cc1cccc(NC=CC(=O)c2ccc(-c3ccccc3)cc2)c1. The summed E-state index contributed by atoms with van der Waals surface area (Å²) in [4.78, 5) is 12.2. The minimum absolute atomic E-state index is 0.0187. The van der Waals surface area contributed by atoms with Crippen molar-refractivity contribution in [2.75, 3.05) is 5.32 Å². The summed E-state index contributed by atoms with van der Waals surface area (Å²) < 4.78 is 0. The largest absolute Gasteiger partial charge is 0.362 e. The van der Waals surface area contributed by atoms with E-state index in [2.05, 4.69) is 17.4 Å². The lowest BCUT2D eigenvalue weighted by atomic mass is 10.0. The number of carbonyl (C=O) groups is 1. The van der Waals surface area contributed by atoms with E-state index in [0.717, 1.165) is 16.8 Å². The van der Waals surface area contributed by atoms with Crippen molar-refractivity contribution in [2.24, 2.45) is 0 Å². The number of hydrogen-bond acceptors (Lipinski definition) is 2. The molecule has 118 valence electrons. The average molecular weight is 313 g/mol. The monoisotopic (exact) mass is 313 g/mol. The smallest absolute Gasteiger partial charge is 0.187 e. The van der Waals surface area contributed by atoms with E-state index in [1.165, 1.54) is 5.56 Å². The predicted octanol–water partition coefficient (Wildman–Crippen LogP) is 5.47. The van der Waals surface area contributed by atoms with Gasteiger partial charge in [0, 0.05) is 23.5 Å². The number of carbonyl (C=O) groups excluding carboxylic acids is 1. The van der Waals surface area contributed by atoms with Gasteiger partial charge in [0.2, 0.25) is 0 Å². The molecule has 0 amide bonds. The van der Waals surface area contributed by atoms with Gasteiger partial charge < -0.3 is 5.32 Å². The van der Waals surface area contributed by atoms with Crippen LogP contribution in [0.25, 0.3) is 11.1 Å². The zero-order valence-corrected chi connectivity index (χ0v) is 13.6. The number of nitrogens with one attached hydrogen (secondary N) is 1. The topological polar surface area (TPSA) is 29.1 Å². The Labute approximate surface area is 142 Å². The van der Waals surface area contributed by atoms with Crippen LogP contribution < -0.4 is 5.32 Å². The summed E-state index contributed by atoms with van der Waals surface area (Å²) in [5, 5.41) is 3.12. The molecule has 0 saturated heterocycles. The van der Waals surface area contributed by atoms with Gasteiger partial charge in [-0.15, -0.1) is 0 Å². The first-order chi connectivity index (χ1) is 11.7. The zero-order chi connectivity index (χ0) is 16.8. The van der Waals surface area contributed by atoms with Crippen LogP contribution in [0, 0.1) is 6.92 Å². The fraction of sp³-hybridized carbons (Fsp3) is 0.0455. The molecule has 0 aliphatic heterocycles. The molecule has 0 bridgehead atoms. The minimum Gasteiger partial charge on any atom is -0.362 e. The van der Waals surface area contributed by atoms with E-state index in [1.807, 2.05) is 73.7 Å². The van der Waals surface area contributed by atoms with Gasteiger partial charge in [-0.3, -0.25) is 4.79 Å². The van der Waals surface area contributed by atoms with Gasteiger partial charge in [0.05, 0.1) is 0 Å². The molecule has 0 radical (unpaired) electrons. The average Bonchev–Trinajstić information content (AvgIpc) is 2.63. The van der Waals surface area contributed by atoms with Gasteiger partial charge in [-0.25, -0.2) is 0 Å². The van der Waals surface area contributed by atoms with Gasteiger partial charge in [0.15, 0.2) is 5.78 Å². The first-order valence-electron chi connectivity index (χ1n) is 7.92. The molecule has 2 nitrogen and oxygen atoms in total. The van der Waals surface area contributed by atoms with Crippen LogP contribution in [0.1, 0.15) is 15.9 Å². The number of anilines is 1. The van der Waals surface area contributed by atoms with Crippen molar-refractivity contribution < 1.29 is 4.79 Å². The molecule has 0 spiro atoms. The van der Waals surface area contributed by atoms with Gasteiger partial charge in [-0.1, -0.05) is 66.7 Å². The molecular formula is C22H19NO. The van der Waals surface area contributed by atoms with Crippen LogP contribution in [0.15, 0.2) is 91.1 Å². The maximum absolute atomic E-state index is 12.2. The maximum atomic E-state index is 12.2. The Morgan fingerprint density at radius 2 is 1.54 bits per heavy atom. The summed E-state index contributed by atoms with van der Waals surface area (Å²) in [7, 11) is 0. The lowest BCUT2D eigenvalue weighted by Gasteiger charge is -2.03. The Kier molecular flexibility index (Phi) is 4.87. The Hall–Kier alpha value is -3.13. The highest BCUT2D eigenvalue weighted by Gasteiger charge is 2.02. The lowest BCUT2D eigenvalue weighted by Crippen LogP contribution is -1.96. The standard InChI is InChI=1S/C22H19NO/c1-17-6-5-9-21(16-17)23-15-14-22(24)20-12-10-19(11-13-20)18-7-3-2-4-8-18/h2-16,23H,1H3. The van der Waals surface area contributed by atoms with E-state index in [0.29, 0.717) is 5.56 Å². The lowest BCUT2D eigenvalue weighted by molar-refractivity contribution is 0.104. The highest BCUT2D eigenvalue weighted by molar-refractivity contribution is 6.04. The quantitative estimate of drug-likeness (QED) is 0.500. The van der Waals surface area contributed by atoms with Crippen molar-refractivity contribution in [3.8, 4) is 11.1 Å². The summed E-state index contributed by atoms with van der Waals surface area (Å²) in [6.07, 6.45) is 3.24. The Balaban J connectivity index is 1.66. The minimum atomic E-state index is -0.0187. The molecule has 0 aliphatic rings. The Morgan fingerprint density at radius 3 is 2.25 bits per heavy atom. The number of benzene rings is 3. The molecule has 0 heterocycles. The first-order valence-corrected chi connectivity index (χ1v) is 7.92. The number of aryl methyl sites for hydroxylation is 1. The Bertz CT molecular complexity index is 849. The molecule has 0 aromatic heterocycles. The summed E-state index contributed by atoms with van der Waals surface area (Å²) >= 11 is 0. The maximum Gasteiger partial charge on any atom is 0.187 e. The van der Waals surface area contributed by atoms with Crippen LogP contribution in [-0.2, 0) is 0 Å². The van der Waals surface area contributed by atoms with Crippen molar-refractivity contribution in [1.82, 2.24) is 0 Å². The van der Waals surface area contributed by atoms with Crippen LogP contribution in [-0.4, -0.2) is 5.78 Å². The molecule has 3 aromatic carbocycles. The summed E-state index contributed by atoms with van der Waals surface area (Å²) in [6.45, 7) is 2.04. The van der Waals surface area contributed by atoms with E-state index in [4.69, 9.17) is 0 Å². The van der Waals surface area contributed by atoms with Crippen LogP contribution in [0.2, 0.25) is 0 Å². The highest BCUT2D eigenvalue weighted by Crippen LogP contribution is 2.19. The normalized spacial score (nSPS) is 10.7. The van der Waals surface area contributed by atoms with E-state index in [-0.39, 0.29) is 5.78 Å². The van der Waals surface area contributed by atoms with Crippen molar-refractivity contribution in [3.05, 3.63) is 102 Å². The molecular weight excluding hydrogens is 294 g/mol. The molecule has 0 fully saturated rings. The molecule has 24 heavy (non-hydrogen) atoms. The molecule has 2 heteroatoms. The number of ketones is 1. The predicted molar refractivity (Wildman–Crippen MR) is 100 cm³/mol. The van der Waals surface area contributed by atoms with Crippen LogP contribution in [0.5, 0.6) is 0 Å². The molecule has 0 atom stereocenters. The van der Waals surface area contributed by atoms with Crippen molar-refractivity contribution in [3.63, 3.8) is 0 Å². The van der Waals surface area contributed by atoms with Crippen molar-refractivity contribution in [1.29, 1.82) is 0 Å². The summed E-state index contributed by atoms with van der Waals surface area (Å²) in [5.74, 6) is -0.0187. The van der Waals surface area contributed by atoms with E-state index in [9.17, 15) is 4.79 Å². The third-order valence-electron chi connectivity index (χ3n) is 3.78. The third kappa shape index (κ3) is 3.99. The van der Waals surface area contributed by atoms with Crippen LogP contribution >= 0.6 is 0 Å². The second-order valence-electron chi connectivity index (χ2n) is 5.65. The van der Waals surface area contributed by atoms with E-state index < -0.39 is 0 Å². The fourth-order valence-corrected chi connectivity index (χ4v) is 2.50. The Morgan fingerprint density at radius 1 is 0.833 bits per heavy atom. The van der Waals surface area contributed by atoms with Gasteiger partial charge in [0.25, 0.3) is 0 Å². The highest BCUT2D eigenvalue weighted by atomic mass is 16.1. The van der Waals surface area contributed by atoms with E-state index in [1.54, 1.807) is 12.3 Å². The number of hydrogen-bond donors (Lipinski definition) is 1.